The lowest BCUT2D eigenvalue weighted by molar-refractivity contribution is 0.417. The van der Waals surface area contributed by atoms with Gasteiger partial charge >= 0.3 is 0 Å². The summed E-state index contributed by atoms with van der Waals surface area (Å²) in [4.78, 5) is 6.50. The summed E-state index contributed by atoms with van der Waals surface area (Å²) in [6.45, 7) is 0. The maximum atomic E-state index is 13.9. The van der Waals surface area contributed by atoms with Crippen LogP contribution >= 0.6 is 23.8 Å². The molecule has 2 atom stereocenters. The van der Waals surface area contributed by atoms with E-state index < -0.39 is 21.9 Å². The molecule has 2 aromatic heterocycles. The second-order valence-electron chi connectivity index (χ2n) is 8.66. The number of ether oxygens (including phenoxy) is 1. The van der Waals surface area contributed by atoms with Crippen molar-refractivity contribution in [3.63, 3.8) is 0 Å². The molecule has 0 amide bonds. The number of nitrogens with zero attached hydrogens (tertiary/aromatic N) is 3. The number of thiocarbonyl (C=S) groups is 1. The van der Waals surface area contributed by atoms with Crippen LogP contribution in [-0.2, 0) is 10.0 Å². The van der Waals surface area contributed by atoms with Gasteiger partial charge < -0.3 is 19.5 Å². The number of hydrogen-bond donors (Lipinski definition) is 2. The lowest BCUT2D eigenvalue weighted by Crippen LogP contribution is -2.30. The number of nitrogens with one attached hydrogen (secondary N) is 2. The fourth-order valence-electron chi connectivity index (χ4n) is 4.55. The van der Waals surface area contributed by atoms with Crippen molar-refractivity contribution < 1.29 is 17.5 Å². The third-order valence-electron chi connectivity index (χ3n) is 6.12. The first kappa shape index (κ1) is 26.0. The molecule has 1 aliphatic heterocycles. The van der Waals surface area contributed by atoms with E-state index in [1.54, 1.807) is 36.5 Å². The number of halogens is 2. The first-order chi connectivity index (χ1) is 18.2. The highest BCUT2D eigenvalue weighted by molar-refractivity contribution is 7.92. The summed E-state index contributed by atoms with van der Waals surface area (Å²) in [5.74, 6) is -0.174. The Hall–Kier alpha value is -3.67. The van der Waals surface area contributed by atoms with Crippen LogP contribution in [0.4, 0.5) is 15.8 Å². The van der Waals surface area contributed by atoms with Crippen molar-refractivity contribution >= 4 is 50.3 Å². The van der Waals surface area contributed by atoms with Crippen molar-refractivity contribution in [3.8, 4) is 11.4 Å². The molecule has 2 N–H and O–H groups in total. The van der Waals surface area contributed by atoms with Crippen LogP contribution in [0.3, 0.4) is 0 Å². The molecule has 38 heavy (non-hydrogen) atoms. The summed E-state index contributed by atoms with van der Waals surface area (Å²) in [7, 11) is -2.05. The zero-order chi connectivity index (χ0) is 27.0. The summed E-state index contributed by atoms with van der Waals surface area (Å²) in [6.07, 6.45) is 4.66. The molecule has 0 spiro atoms. The molecule has 1 aliphatic rings. The van der Waals surface area contributed by atoms with Crippen molar-refractivity contribution in [1.82, 2.24) is 14.9 Å². The predicted molar refractivity (Wildman–Crippen MR) is 150 cm³/mol. The maximum Gasteiger partial charge on any atom is 0.229 e. The molecule has 12 heteroatoms. The monoisotopic (exact) mass is 571 g/mol. The van der Waals surface area contributed by atoms with Gasteiger partial charge in [-0.3, -0.25) is 9.71 Å². The number of aromatic nitrogens is 2. The van der Waals surface area contributed by atoms with E-state index in [4.69, 9.17) is 28.6 Å². The normalized spacial score (nSPS) is 17.4. The number of hydrogen-bond acceptors (Lipinski definition) is 5. The number of sulfonamides is 1. The van der Waals surface area contributed by atoms with Gasteiger partial charge in [0, 0.05) is 35.5 Å². The highest BCUT2D eigenvalue weighted by Gasteiger charge is 2.42. The van der Waals surface area contributed by atoms with Crippen LogP contribution in [0.1, 0.15) is 23.5 Å². The standard InChI is InChI=1S/C26H23ClFN5O3S2/c1-36-23-15-17(9-11-20(23)31-38(2,34)35)33-25(24(30-26(33)37)21-6-3-4-12-29-21)22-7-5-13-32(22)16-8-10-19(28)18(27)14-16/h3-15,24-25,31H,1-2H3,(H,30,37)/t24-,25+/m0/s1. The van der Waals surface area contributed by atoms with Gasteiger partial charge in [-0.1, -0.05) is 17.7 Å². The second-order valence-corrected chi connectivity index (χ2v) is 11.2. The molecule has 2 aromatic carbocycles. The Balaban J connectivity index is 1.65. The molecule has 0 unspecified atom stereocenters. The van der Waals surface area contributed by atoms with Crippen LogP contribution in [-0.4, -0.2) is 36.4 Å². The molecule has 0 radical (unpaired) electrons. The maximum absolute atomic E-state index is 13.9. The van der Waals surface area contributed by atoms with Crippen molar-refractivity contribution in [2.45, 2.75) is 12.1 Å². The van der Waals surface area contributed by atoms with E-state index >= 15 is 0 Å². The first-order valence-corrected chi connectivity index (χ1v) is 14.1. The number of rotatable bonds is 7. The van der Waals surface area contributed by atoms with E-state index in [2.05, 4.69) is 15.0 Å². The van der Waals surface area contributed by atoms with Gasteiger partial charge in [0.2, 0.25) is 10.0 Å². The summed E-state index contributed by atoms with van der Waals surface area (Å²) in [5, 5.41) is 3.85. The van der Waals surface area contributed by atoms with Gasteiger partial charge in [-0.15, -0.1) is 0 Å². The van der Waals surface area contributed by atoms with Gasteiger partial charge in [0.05, 0.1) is 35.8 Å². The van der Waals surface area contributed by atoms with Crippen LogP contribution < -0.4 is 19.7 Å². The predicted octanol–water partition coefficient (Wildman–Crippen LogP) is 5.22. The number of anilines is 2. The van der Waals surface area contributed by atoms with E-state index in [9.17, 15) is 12.8 Å². The van der Waals surface area contributed by atoms with Crippen LogP contribution in [0.2, 0.25) is 5.02 Å². The van der Waals surface area contributed by atoms with Crippen LogP contribution in [0.25, 0.3) is 5.69 Å². The lowest BCUT2D eigenvalue weighted by atomic mass is 10.0. The number of methoxy groups -OCH3 is 1. The molecule has 196 valence electrons. The van der Waals surface area contributed by atoms with Crippen molar-refractivity contribution in [3.05, 3.63) is 101 Å². The summed E-state index contributed by atoms with van der Waals surface area (Å²) in [6, 6.07) is 18.4. The van der Waals surface area contributed by atoms with Gasteiger partial charge in [-0.2, -0.15) is 0 Å². The minimum Gasteiger partial charge on any atom is -0.494 e. The Morgan fingerprint density at radius 2 is 1.89 bits per heavy atom. The average molecular weight is 572 g/mol. The van der Waals surface area contributed by atoms with E-state index in [0.29, 0.717) is 27.9 Å². The van der Waals surface area contributed by atoms with Crippen LogP contribution in [0, 0.1) is 5.82 Å². The minimum absolute atomic E-state index is 0.0130. The van der Waals surface area contributed by atoms with Crippen molar-refractivity contribution in [1.29, 1.82) is 0 Å². The molecule has 3 heterocycles. The summed E-state index contributed by atoms with van der Waals surface area (Å²) in [5.41, 5.74) is 3.27. The SMILES string of the molecule is COc1cc(N2C(=S)N[C@@H](c3ccccn3)[C@H]2c2cccn2-c2ccc(F)c(Cl)c2)ccc1NS(C)(=O)=O. The van der Waals surface area contributed by atoms with Crippen molar-refractivity contribution in [2.75, 3.05) is 23.0 Å². The molecular weight excluding hydrogens is 549 g/mol. The fourth-order valence-corrected chi connectivity index (χ4v) is 5.64. The largest absolute Gasteiger partial charge is 0.494 e. The summed E-state index contributed by atoms with van der Waals surface area (Å²) >= 11 is 11.9. The molecule has 4 aromatic rings. The fraction of sp³-hybridized carbons (Fsp3) is 0.154. The Kier molecular flexibility index (Phi) is 6.99. The Labute approximate surface area is 230 Å². The topological polar surface area (TPSA) is 88.5 Å². The average Bonchev–Trinajstić information content (AvgIpc) is 3.50. The third-order valence-corrected chi connectivity index (χ3v) is 7.32. The molecule has 0 saturated carbocycles. The van der Waals surface area contributed by atoms with Crippen molar-refractivity contribution in [2.24, 2.45) is 0 Å². The molecule has 8 nitrogen and oxygen atoms in total. The smallest absolute Gasteiger partial charge is 0.229 e. The van der Waals surface area contributed by atoms with Gasteiger partial charge in [-0.25, -0.2) is 12.8 Å². The van der Waals surface area contributed by atoms with Gasteiger partial charge in [0.15, 0.2) is 5.11 Å². The Morgan fingerprint density at radius 1 is 1.11 bits per heavy atom. The molecule has 1 saturated heterocycles. The molecule has 0 aliphatic carbocycles. The number of benzene rings is 2. The van der Waals surface area contributed by atoms with E-state index in [-0.39, 0.29) is 11.1 Å². The zero-order valence-corrected chi connectivity index (χ0v) is 22.7. The Morgan fingerprint density at radius 3 is 2.58 bits per heavy atom. The first-order valence-electron chi connectivity index (χ1n) is 11.5. The minimum atomic E-state index is -3.52. The van der Waals surface area contributed by atoms with Crippen LogP contribution in [0.5, 0.6) is 5.75 Å². The highest BCUT2D eigenvalue weighted by Crippen LogP contribution is 2.44. The number of pyridine rings is 1. The Bertz CT molecular complexity index is 1610. The van der Waals surface area contributed by atoms with Gasteiger partial charge in [-0.05, 0) is 66.8 Å². The van der Waals surface area contributed by atoms with E-state index in [1.807, 2.05) is 46.0 Å². The quantitative estimate of drug-likeness (QED) is 0.294. The molecule has 0 bridgehead atoms. The summed E-state index contributed by atoms with van der Waals surface area (Å²) < 4.78 is 47.5. The third kappa shape index (κ3) is 5.04. The van der Waals surface area contributed by atoms with E-state index in [1.165, 1.54) is 13.2 Å². The second kappa shape index (κ2) is 10.2. The van der Waals surface area contributed by atoms with Gasteiger partial charge in [0.25, 0.3) is 0 Å². The lowest BCUT2D eigenvalue weighted by Gasteiger charge is -2.29. The zero-order valence-electron chi connectivity index (χ0n) is 20.3. The highest BCUT2D eigenvalue weighted by atomic mass is 35.5. The van der Waals surface area contributed by atoms with Gasteiger partial charge in [0.1, 0.15) is 17.6 Å². The van der Waals surface area contributed by atoms with E-state index in [0.717, 1.165) is 17.6 Å². The van der Waals surface area contributed by atoms with Crippen LogP contribution in [0.15, 0.2) is 79.1 Å². The molecular formula is C26H23ClFN5O3S2. The molecule has 1 fully saturated rings. The molecule has 5 rings (SSSR count).